The molecule has 1 aromatic rings. The van der Waals surface area contributed by atoms with Crippen molar-refractivity contribution in [2.45, 2.75) is 44.7 Å². The molecule has 1 nitrogen and oxygen atoms in total. The van der Waals surface area contributed by atoms with Crippen molar-refractivity contribution >= 4 is 23.5 Å². The molecule has 1 N–H and O–H groups in total. The lowest BCUT2D eigenvalue weighted by molar-refractivity contribution is 0.588. The summed E-state index contributed by atoms with van der Waals surface area (Å²) in [5.74, 6) is 3.76. The lowest BCUT2D eigenvalue weighted by atomic mass is 10.2. The van der Waals surface area contributed by atoms with Gasteiger partial charge in [0.25, 0.3) is 0 Å². The van der Waals surface area contributed by atoms with Crippen LogP contribution in [0.25, 0.3) is 0 Å². The molecule has 1 rings (SSSR count). The van der Waals surface area contributed by atoms with Crippen LogP contribution in [0.5, 0.6) is 0 Å². The van der Waals surface area contributed by atoms with Crippen LogP contribution in [-0.4, -0.2) is 23.3 Å². The van der Waals surface area contributed by atoms with Crippen molar-refractivity contribution in [3.8, 4) is 0 Å². The molecule has 0 atom stereocenters. The first-order valence-corrected chi connectivity index (χ1v) is 8.89. The quantitative estimate of drug-likeness (QED) is 0.532. The first-order chi connectivity index (χ1) is 8.72. The molecule has 0 unspecified atom stereocenters. The van der Waals surface area contributed by atoms with E-state index in [4.69, 9.17) is 0 Å². The van der Waals surface area contributed by atoms with Crippen molar-refractivity contribution in [1.29, 1.82) is 0 Å². The summed E-state index contributed by atoms with van der Waals surface area (Å²) < 4.78 is 0. The Kier molecular flexibility index (Phi) is 8.64. The fourth-order valence-electron chi connectivity index (χ4n) is 1.56. The van der Waals surface area contributed by atoms with Crippen LogP contribution in [-0.2, 0) is 6.54 Å². The first kappa shape index (κ1) is 15.9. The molecule has 0 aliphatic heterocycles. The molecule has 3 heteroatoms. The summed E-state index contributed by atoms with van der Waals surface area (Å²) in [6.45, 7) is 7.56. The smallest absolute Gasteiger partial charge is 0.0208 e. The van der Waals surface area contributed by atoms with Crippen molar-refractivity contribution in [2.24, 2.45) is 0 Å². The normalized spacial score (nSPS) is 11.1. The molecular weight excluding hydrogens is 258 g/mol. The first-order valence-electron chi connectivity index (χ1n) is 6.75. The molecule has 0 saturated carbocycles. The Morgan fingerprint density at radius 3 is 2.78 bits per heavy atom. The SMILES string of the molecule is CCSCCCSc1cccc(CNC(C)C)c1. The van der Waals surface area contributed by atoms with Crippen LogP contribution in [0.2, 0.25) is 0 Å². The monoisotopic (exact) mass is 283 g/mol. The summed E-state index contributed by atoms with van der Waals surface area (Å²) in [7, 11) is 0. The molecule has 0 spiro atoms. The highest BCUT2D eigenvalue weighted by Gasteiger charge is 1.98. The van der Waals surface area contributed by atoms with Crippen LogP contribution < -0.4 is 5.32 Å². The van der Waals surface area contributed by atoms with Crippen LogP contribution in [0.4, 0.5) is 0 Å². The number of hydrogen-bond acceptors (Lipinski definition) is 3. The zero-order chi connectivity index (χ0) is 13.2. The third kappa shape index (κ3) is 7.34. The minimum Gasteiger partial charge on any atom is -0.310 e. The number of benzene rings is 1. The Morgan fingerprint density at radius 1 is 1.22 bits per heavy atom. The summed E-state index contributed by atoms with van der Waals surface area (Å²) in [6, 6.07) is 9.45. The van der Waals surface area contributed by atoms with Gasteiger partial charge in [-0.1, -0.05) is 32.9 Å². The van der Waals surface area contributed by atoms with Gasteiger partial charge in [0.1, 0.15) is 0 Å². The van der Waals surface area contributed by atoms with Crippen LogP contribution in [0.3, 0.4) is 0 Å². The van der Waals surface area contributed by atoms with Crippen LogP contribution in [0.1, 0.15) is 32.8 Å². The van der Waals surface area contributed by atoms with Gasteiger partial charge in [0.15, 0.2) is 0 Å². The highest BCUT2D eigenvalue weighted by Crippen LogP contribution is 2.20. The molecule has 0 aromatic heterocycles. The number of thioether (sulfide) groups is 2. The maximum absolute atomic E-state index is 3.46. The van der Waals surface area contributed by atoms with Crippen molar-refractivity contribution in [2.75, 3.05) is 17.3 Å². The minimum atomic E-state index is 0.548. The summed E-state index contributed by atoms with van der Waals surface area (Å²) in [6.07, 6.45) is 1.30. The highest BCUT2D eigenvalue weighted by atomic mass is 32.2. The average molecular weight is 284 g/mol. The number of rotatable bonds is 9. The van der Waals surface area contributed by atoms with Gasteiger partial charge in [-0.2, -0.15) is 11.8 Å². The molecule has 0 radical (unpaired) electrons. The Morgan fingerprint density at radius 2 is 2.06 bits per heavy atom. The number of hydrogen-bond donors (Lipinski definition) is 1. The minimum absolute atomic E-state index is 0.548. The Balaban J connectivity index is 2.30. The Bertz CT molecular complexity index is 326. The van der Waals surface area contributed by atoms with Gasteiger partial charge in [0.05, 0.1) is 0 Å². The fraction of sp³-hybridized carbons (Fsp3) is 0.600. The lowest BCUT2D eigenvalue weighted by Gasteiger charge is -2.09. The molecule has 18 heavy (non-hydrogen) atoms. The predicted octanol–water partition coefficient (Wildman–Crippen LogP) is 4.42. The third-order valence-corrected chi connectivity index (χ3v) is 4.58. The van der Waals surface area contributed by atoms with Gasteiger partial charge in [-0.05, 0) is 41.4 Å². The maximum Gasteiger partial charge on any atom is 0.0208 e. The second-order valence-corrected chi connectivity index (χ2v) is 7.14. The molecule has 0 aliphatic carbocycles. The van der Waals surface area contributed by atoms with E-state index in [2.05, 4.69) is 50.4 Å². The van der Waals surface area contributed by atoms with Crippen LogP contribution in [0, 0.1) is 0 Å². The zero-order valence-electron chi connectivity index (χ0n) is 11.7. The van der Waals surface area contributed by atoms with Gasteiger partial charge < -0.3 is 5.32 Å². The summed E-state index contributed by atoms with van der Waals surface area (Å²) in [5, 5.41) is 3.46. The topological polar surface area (TPSA) is 12.0 Å². The van der Waals surface area contributed by atoms with E-state index in [0.29, 0.717) is 6.04 Å². The molecule has 1 aromatic carbocycles. The van der Waals surface area contributed by atoms with Gasteiger partial charge in [-0.3, -0.25) is 0 Å². The van der Waals surface area contributed by atoms with E-state index in [9.17, 15) is 0 Å². The van der Waals surface area contributed by atoms with Gasteiger partial charge >= 0.3 is 0 Å². The molecule has 0 saturated heterocycles. The van der Waals surface area contributed by atoms with Gasteiger partial charge in [0, 0.05) is 17.5 Å². The van der Waals surface area contributed by atoms with Gasteiger partial charge in [0.2, 0.25) is 0 Å². The van der Waals surface area contributed by atoms with E-state index >= 15 is 0 Å². The van der Waals surface area contributed by atoms with Gasteiger partial charge in [-0.25, -0.2) is 0 Å². The van der Waals surface area contributed by atoms with Crippen LogP contribution in [0.15, 0.2) is 29.2 Å². The molecular formula is C15H25NS2. The highest BCUT2D eigenvalue weighted by molar-refractivity contribution is 8.00. The van der Waals surface area contributed by atoms with E-state index < -0.39 is 0 Å². The third-order valence-electron chi connectivity index (χ3n) is 2.52. The van der Waals surface area contributed by atoms with E-state index in [1.807, 2.05) is 23.5 Å². The van der Waals surface area contributed by atoms with Gasteiger partial charge in [-0.15, -0.1) is 11.8 Å². The van der Waals surface area contributed by atoms with E-state index in [1.165, 1.54) is 34.1 Å². The van der Waals surface area contributed by atoms with Crippen LogP contribution >= 0.6 is 23.5 Å². The van der Waals surface area contributed by atoms with E-state index in [-0.39, 0.29) is 0 Å². The van der Waals surface area contributed by atoms with Crippen molar-refractivity contribution in [3.63, 3.8) is 0 Å². The zero-order valence-corrected chi connectivity index (χ0v) is 13.4. The summed E-state index contributed by atoms with van der Waals surface area (Å²) in [4.78, 5) is 1.40. The molecule has 0 aliphatic rings. The lowest BCUT2D eigenvalue weighted by Crippen LogP contribution is -2.21. The van der Waals surface area contributed by atoms with Crippen molar-refractivity contribution < 1.29 is 0 Å². The largest absolute Gasteiger partial charge is 0.310 e. The van der Waals surface area contributed by atoms with E-state index in [1.54, 1.807) is 0 Å². The predicted molar refractivity (Wildman–Crippen MR) is 86.8 cm³/mol. The molecule has 0 fully saturated rings. The Hall–Kier alpha value is -0.120. The maximum atomic E-state index is 3.46. The number of nitrogens with one attached hydrogen (secondary N) is 1. The van der Waals surface area contributed by atoms with Crippen molar-refractivity contribution in [3.05, 3.63) is 29.8 Å². The average Bonchev–Trinajstić information content (AvgIpc) is 2.37. The fourth-order valence-corrected chi connectivity index (χ4v) is 3.32. The second-order valence-electron chi connectivity index (χ2n) is 4.58. The summed E-state index contributed by atoms with van der Waals surface area (Å²) in [5.41, 5.74) is 1.39. The molecule has 0 bridgehead atoms. The second kappa shape index (κ2) is 9.76. The molecule has 102 valence electrons. The summed E-state index contributed by atoms with van der Waals surface area (Å²) >= 11 is 4.01. The van der Waals surface area contributed by atoms with Crippen molar-refractivity contribution in [1.82, 2.24) is 5.32 Å². The molecule has 0 amide bonds. The Labute approximate surface area is 121 Å². The van der Waals surface area contributed by atoms with E-state index in [0.717, 1.165) is 6.54 Å². The molecule has 0 heterocycles. The standard InChI is InChI=1S/C15H25NS2/c1-4-17-9-6-10-18-15-8-5-7-14(11-15)12-16-13(2)3/h5,7-8,11,13,16H,4,6,9-10,12H2,1-3H3.